The van der Waals surface area contributed by atoms with Gasteiger partial charge in [-0.05, 0) is 49.6 Å². The molecule has 28 heavy (non-hydrogen) atoms. The third-order valence-corrected chi connectivity index (χ3v) is 5.11. The van der Waals surface area contributed by atoms with Crippen LogP contribution in [-0.2, 0) is 16.1 Å². The lowest BCUT2D eigenvalue weighted by atomic mass is 9.83. The highest BCUT2D eigenvalue weighted by Crippen LogP contribution is 2.37. The summed E-state index contributed by atoms with van der Waals surface area (Å²) in [6.07, 6.45) is 4.39. The van der Waals surface area contributed by atoms with Crippen LogP contribution in [0.25, 0.3) is 0 Å². The van der Waals surface area contributed by atoms with Crippen molar-refractivity contribution in [2.45, 2.75) is 39.3 Å². The molecule has 1 aliphatic heterocycles. The van der Waals surface area contributed by atoms with Crippen LogP contribution in [0.5, 0.6) is 5.75 Å². The van der Waals surface area contributed by atoms with Crippen molar-refractivity contribution in [3.05, 3.63) is 59.9 Å². The molecule has 1 aromatic carbocycles. The number of amides is 2. The first-order chi connectivity index (χ1) is 13.6. The average molecular weight is 381 g/mol. The van der Waals surface area contributed by atoms with Gasteiger partial charge in [-0.1, -0.05) is 18.2 Å². The molecule has 6 nitrogen and oxygen atoms in total. The molecule has 1 fully saturated rings. The normalized spacial score (nSPS) is 19.4. The van der Waals surface area contributed by atoms with Gasteiger partial charge >= 0.3 is 0 Å². The van der Waals surface area contributed by atoms with Gasteiger partial charge in [0.1, 0.15) is 5.75 Å². The Balaban J connectivity index is 1.80. The number of ether oxygens (including phenoxy) is 1. The Kier molecular flexibility index (Phi) is 6.63. The number of nitrogens with zero attached hydrogens (tertiary/aromatic N) is 2. The first kappa shape index (κ1) is 19.9. The van der Waals surface area contributed by atoms with Crippen LogP contribution in [0, 0.1) is 5.92 Å². The van der Waals surface area contributed by atoms with Crippen LogP contribution in [-0.4, -0.2) is 34.8 Å². The van der Waals surface area contributed by atoms with Crippen molar-refractivity contribution in [3.8, 4) is 5.75 Å². The molecule has 1 aromatic heterocycles. The highest BCUT2D eigenvalue weighted by molar-refractivity contribution is 5.85. The Labute approximate surface area is 165 Å². The number of rotatable bonds is 7. The highest BCUT2D eigenvalue weighted by atomic mass is 16.5. The molecular formula is C22H27N3O3. The minimum atomic E-state index is -0.285. The predicted molar refractivity (Wildman–Crippen MR) is 107 cm³/mol. The molecule has 0 saturated carbocycles. The summed E-state index contributed by atoms with van der Waals surface area (Å²) in [6, 6.07) is 11.2. The average Bonchev–Trinajstić information content (AvgIpc) is 2.73. The second-order valence-corrected chi connectivity index (χ2v) is 6.85. The molecule has 2 aromatic rings. The number of hydrogen-bond donors (Lipinski definition) is 1. The highest BCUT2D eigenvalue weighted by Gasteiger charge is 2.39. The van der Waals surface area contributed by atoms with Gasteiger partial charge in [0.2, 0.25) is 11.8 Å². The van der Waals surface area contributed by atoms with E-state index in [1.165, 1.54) is 0 Å². The van der Waals surface area contributed by atoms with Crippen molar-refractivity contribution in [3.63, 3.8) is 0 Å². The Morgan fingerprint density at radius 2 is 2.04 bits per heavy atom. The van der Waals surface area contributed by atoms with Gasteiger partial charge in [-0.15, -0.1) is 0 Å². The standard InChI is InChI=1S/C22H27N3O3/c1-3-25-20(26)12-11-19(22(27)24-15-16-6-5-13-23-14-16)21(25)17-7-9-18(10-8-17)28-4-2/h5-10,13-14,19,21H,3-4,11-12,15H2,1-2H3,(H,24,27)/t19-,21+/m1/s1. The summed E-state index contributed by atoms with van der Waals surface area (Å²) in [4.78, 5) is 31.4. The zero-order valence-corrected chi connectivity index (χ0v) is 16.4. The fourth-order valence-electron chi connectivity index (χ4n) is 3.76. The molecule has 0 bridgehead atoms. The summed E-state index contributed by atoms with van der Waals surface area (Å²) in [6.45, 7) is 5.49. The van der Waals surface area contributed by atoms with Crippen LogP contribution in [0.1, 0.15) is 43.9 Å². The minimum Gasteiger partial charge on any atom is -0.494 e. The molecule has 2 heterocycles. The van der Waals surface area contributed by atoms with Crippen molar-refractivity contribution in [2.75, 3.05) is 13.2 Å². The molecule has 148 valence electrons. The summed E-state index contributed by atoms with van der Waals surface area (Å²) >= 11 is 0. The molecular weight excluding hydrogens is 354 g/mol. The number of nitrogens with one attached hydrogen (secondary N) is 1. The van der Waals surface area contributed by atoms with E-state index in [4.69, 9.17) is 4.74 Å². The van der Waals surface area contributed by atoms with E-state index in [2.05, 4.69) is 10.3 Å². The monoisotopic (exact) mass is 381 g/mol. The van der Waals surface area contributed by atoms with Gasteiger partial charge in [-0.2, -0.15) is 0 Å². The number of hydrogen-bond acceptors (Lipinski definition) is 4. The van der Waals surface area contributed by atoms with Gasteiger partial charge in [0, 0.05) is 31.9 Å². The van der Waals surface area contributed by atoms with Crippen LogP contribution in [0.15, 0.2) is 48.8 Å². The lowest BCUT2D eigenvalue weighted by molar-refractivity contribution is -0.143. The van der Waals surface area contributed by atoms with E-state index in [9.17, 15) is 9.59 Å². The van der Waals surface area contributed by atoms with Crippen LogP contribution in [0.2, 0.25) is 0 Å². The maximum absolute atomic E-state index is 13.0. The SMILES string of the molecule is CCOc1ccc([C@H]2[C@H](C(=O)NCc3cccnc3)CCC(=O)N2CC)cc1. The zero-order valence-electron chi connectivity index (χ0n) is 16.4. The van der Waals surface area contributed by atoms with E-state index < -0.39 is 0 Å². The third kappa shape index (κ3) is 4.50. The van der Waals surface area contributed by atoms with Crippen LogP contribution >= 0.6 is 0 Å². The lowest BCUT2D eigenvalue weighted by Crippen LogP contribution is -2.47. The Morgan fingerprint density at radius 3 is 2.68 bits per heavy atom. The van der Waals surface area contributed by atoms with Crippen LogP contribution in [0.3, 0.4) is 0 Å². The fourth-order valence-corrected chi connectivity index (χ4v) is 3.76. The first-order valence-corrected chi connectivity index (χ1v) is 9.82. The summed E-state index contributed by atoms with van der Waals surface area (Å²) in [7, 11) is 0. The second-order valence-electron chi connectivity index (χ2n) is 6.85. The van der Waals surface area contributed by atoms with E-state index in [0.717, 1.165) is 16.9 Å². The van der Waals surface area contributed by atoms with Crippen molar-refractivity contribution < 1.29 is 14.3 Å². The molecule has 0 radical (unpaired) electrons. The summed E-state index contributed by atoms with van der Waals surface area (Å²) in [5, 5.41) is 3.02. The second kappa shape index (κ2) is 9.35. The van der Waals surface area contributed by atoms with E-state index in [1.807, 2.05) is 55.1 Å². The first-order valence-electron chi connectivity index (χ1n) is 9.82. The number of pyridine rings is 1. The van der Waals surface area contributed by atoms with Crippen molar-refractivity contribution in [1.29, 1.82) is 0 Å². The molecule has 0 aliphatic carbocycles. The Bertz CT molecular complexity index is 792. The van der Waals surface area contributed by atoms with E-state index in [0.29, 0.717) is 32.5 Å². The molecule has 1 N–H and O–H groups in total. The quantitative estimate of drug-likeness (QED) is 0.800. The molecule has 0 unspecified atom stereocenters. The summed E-state index contributed by atoms with van der Waals surface area (Å²) in [5.74, 6) is 0.563. The summed E-state index contributed by atoms with van der Waals surface area (Å²) in [5.41, 5.74) is 1.91. The molecule has 2 amide bonds. The Morgan fingerprint density at radius 1 is 1.25 bits per heavy atom. The molecule has 2 atom stereocenters. The minimum absolute atomic E-state index is 0.0336. The number of carbonyl (C=O) groups excluding carboxylic acids is 2. The maximum Gasteiger partial charge on any atom is 0.225 e. The number of benzene rings is 1. The lowest BCUT2D eigenvalue weighted by Gasteiger charge is -2.40. The van der Waals surface area contributed by atoms with Gasteiger partial charge in [0.15, 0.2) is 0 Å². The van der Waals surface area contributed by atoms with Gasteiger partial charge in [-0.3, -0.25) is 14.6 Å². The van der Waals surface area contributed by atoms with Crippen molar-refractivity contribution in [2.24, 2.45) is 5.92 Å². The van der Waals surface area contributed by atoms with Gasteiger partial charge in [0.05, 0.1) is 18.6 Å². The molecule has 3 rings (SSSR count). The zero-order chi connectivity index (χ0) is 19.9. The summed E-state index contributed by atoms with van der Waals surface area (Å²) < 4.78 is 5.52. The number of piperidine rings is 1. The number of carbonyl (C=O) groups is 2. The molecule has 1 aliphatic rings. The largest absolute Gasteiger partial charge is 0.494 e. The van der Waals surface area contributed by atoms with Crippen molar-refractivity contribution >= 4 is 11.8 Å². The van der Waals surface area contributed by atoms with E-state index in [-0.39, 0.29) is 23.8 Å². The molecule has 6 heteroatoms. The van der Waals surface area contributed by atoms with E-state index in [1.54, 1.807) is 12.4 Å². The predicted octanol–water partition coefficient (Wildman–Crippen LogP) is 3.10. The number of aromatic nitrogens is 1. The van der Waals surface area contributed by atoms with Crippen LogP contribution < -0.4 is 10.1 Å². The van der Waals surface area contributed by atoms with Crippen molar-refractivity contribution in [1.82, 2.24) is 15.2 Å². The molecule has 1 saturated heterocycles. The fraction of sp³-hybridized carbons (Fsp3) is 0.409. The van der Waals surface area contributed by atoms with Crippen LogP contribution in [0.4, 0.5) is 0 Å². The smallest absolute Gasteiger partial charge is 0.225 e. The van der Waals surface area contributed by atoms with Gasteiger partial charge < -0.3 is 15.0 Å². The van der Waals surface area contributed by atoms with E-state index >= 15 is 0 Å². The Hall–Kier alpha value is -2.89. The third-order valence-electron chi connectivity index (χ3n) is 5.11. The molecule has 0 spiro atoms. The number of likely N-dealkylation sites (tertiary alicyclic amines) is 1. The maximum atomic E-state index is 13.0. The topological polar surface area (TPSA) is 71.5 Å². The van der Waals surface area contributed by atoms with Gasteiger partial charge in [-0.25, -0.2) is 0 Å². The van der Waals surface area contributed by atoms with Gasteiger partial charge in [0.25, 0.3) is 0 Å².